The van der Waals surface area contributed by atoms with E-state index in [1.807, 2.05) is 11.8 Å². The summed E-state index contributed by atoms with van der Waals surface area (Å²) in [5, 5.41) is 3.60. The molecule has 0 aromatic carbocycles. The van der Waals surface area contributed by atoms with Gasteiger partial charge in [-0.25, -0.2) is 0 Å². The van der Waals surface area contributed by atoms with Crippen LogP contribution in [-0.2, 0) is 4.74 Å². The normalized spacial score (nSPS) is 13.5. The molecule has 0 aromatic heterocycles. The first-order valence-corrected chi connectivity index (χ1v) is 6.83. The lowest BCUT2D eigenvalue weighted by atomic mass is 10.0. The quantitative estimate of drug-likeness (QED) is 0.602. The number of ether oxygens (including phenoxy) is 1. The second kappa shape index (κ2) is 9.81. The molecule has 3 heteroatoms. The Hall–Kier alpha value is 0.270. The van der Waals surface area contributed by atoms with Crippen LogP contribution in [0.2, 0.25) is 0 Å². The van der Waals surface area contributed by atoms with Gasteiger partial charge in [0.25, 0.3) is 0 Å². The van der Waals surface area contributed by atoms with Gasteiger partial charge >= 0.3 is 0 Å². The molecule has 0 amide bonds. The highest BCUT2D eigenvalue weighted by Gasteiger charge is 2.11. The van der Waals surface area contributed by atoms with E-state index < -0.39 is 0 Å². The van der Waals surface area contributed by atoms with Crippen LogP contribution in [0.15, 0.2) is 0 Å². The average Bonchev–Trinajstić information content (AvgIpc) is 2.16. The summed E-state index contributed by atoms with van der Waals surface area (Å²) in [6.45, 7) is 6.52. The highest BCUT2D eigenvalue weighted by molar-refractivity contribution is 7.98. The predicted octanol–water partition coefficient (Wildman–Crippen LogP) is 2.39. The highest BCUT2D eigenvalue weighted by atomic mass is 32.2. The van der Waals surface area contributed by atoms with Crippen molar-refractivity contribution in [3.05, 3.63) is 0 Å². The summed E-state index contributed by atoms with van der Waals surface area (Å²) < 4.78 is 5.11. The summed E-state index contributed by atoms with van der Waals surface area (Å²) in [4.78, 5) is 0. The van der Waals surface area contributed by atoms with E-state index in [0.717, 1.165) is 19.6 Å². The number of hydrogen-bond donors (Lipinski definition) is 1. The maximum atomic E-state index is 5.11. The van der Waals surface area contributed by atoms with Gasteiger partial charge in [0.2, 0.25) is 0 Å². The summed E-state index contributed by atoms with van der Waals surface area (Å²) in [5.41, 5.74) is 0. The standard InChI is InChI=1S/C11H25NOS/c1-10(2)11(6-8-13-3)12-7-5-9-14-4/h10-12H,5-9H2,1-4H3. The third kappa shape index (κ3) is 7.65. The average molecular weight is 219 g/mol. The smallest absolute Gasteiger partial charge is 0.0477 e. The molecule has 0 saturated carbocycles. The van der Waals surface area contributed by atoms with Gasteiger partial charge in [-0.1, -0.05) is 13.8 Å². The van der Waals surface area contributed by atoms with Crippen LogP contribution < -0.4 is 5.32 Å². The van der Waals surface area contributed by atoms with Gasteiger partial charge in [-0.05, 0) is 37.3 Å². The van der Waals surface area contributed by atoms with Crippen molar-refractivity contribution >= 4 is 11.8 Å². The van der Waals surface area contributed by atoms with Crippen molar-refractivity contribution in [2.45, 2.75) is 32.7 Å². The fourth-order valence-corrected chi connectivity index (χ4v) is 1.85. The van der Waals surface area contributed by atoms with Crippen LogP contribution in [0.4, 0.5) is 0 Å². The molecule has 0 bridgehead atoms. The van der Waals surface area contributed by atoms with E-state index in [9.17, 15) is 0 Å². The molecule has 0 spiro atoms. The van der Waals surface area contributed by atoms with Gasteiger partial charge in [0.1, 0.15) is 0 Å². The molecule has 1 unspecified atom stereocenters. The van der Waals surface area contributed by atoms with E-state index in [4.69, 9.17) is 4.74 Å². The van der Waals surface area contributed by atoms with Crippen molar-refractivity contribution in [3.63, 3.8) is 0 Å². The second-order valence-electron chi connectivity index (χ2n) is 3.93. The SMILES string of the molecule is COCCC(NCCCSC)C(C)C. The summed E-state index contributed by atoms with van der Waals surface area (Å²) in [5.74, 6) is 1.95. The molecular formula is C11H25NOS. The Morgan fingerprint density at radius 1 is 1.36 bits per heavy atom. The zero-order valence-electron chi connectivity index (χ0n) is 10.0. The van der Waals surface area contributed by atoms with E-state index in [2.05, 4.69) is 25.4 Å². The highest BCUT2D eigenvalue weighted by Crippen LogP contribution is 2.06. The third-order valence-electron chi connectivity index (χ3n) is 2.37. The van der Waals surface area contributed by atoms with Crippen molar-refractivity contribution in [2.24, 2.45) is 5.92 Å². The van der Waals surface area contributed by atoms with Crippen LogP contribution in [0.1, 0.15) is 26.7 Å². The van der Waals surface area contributed by atoms with Crippen molar-refractivity contribution in [3.8, 4) is 0 Å². The van der Waals surface area contributed by atoms with Crippen LogP contribution in [0, 0.1) is 5.92 Å². The molecule has 0 aromatic rings. The summed E-state index contributed by atoms with van der Waals surface area (Å²) in [6.07, 6.45) is 4.54. The fourth-order valence-electron chi connectivity index (χ4n) is 1.42. The Bertz CT molecular complexity index is 120. The maximum Gasteiger partial charge on any atom is 0.0477 e. The molecule has 14 heavy (non-hydrogen) atoms. The molecule has 1 N–H and O–H groups in total. The zero-order chi connectivity index (χ0) is 10.8. The molecule has 0 heterocycles. The van der Waals surface area contributed by atoms with Gasteiger partial charge in [-0.15, -0.1) is 0 Å². The van der Waals surface area contributed by atoms with E-state index >= 15 is 0 Å². The largest absolute Gasteiger partial charge is 0.385 e. The van der Waals surface area contributed by atoms with Gasteiger partial charge in [-0.3, -0.25) is 0 Å². The number of hydrogen-bond acceptors (Lipinski definition) is 3. The topological polar surface area (TPSA) is 21.3 Å². The number of methoxy groups -OCH3 is 1. The van der Waals surface area contributed by atoms with Crippen LogP contribution in [-0.4, -0.2) is 38.3 Å². The molecule has 0 rings (SSSR count). The van der Waals surface area contributed by atoms with Crippen LogP contribution in [0.25, 0.3) is 0 Å². The molecular weight excluding hydrogens is 194 g/mol. The minimum atomic E-state index is 0.608. The molecule has 0 radical (unpaired) electrons. The summed E-state index contributed by atoms with van der Waals surface area (Å²) in [7, 11) is 1.77. The van der Waals surface area contributed by atoms with Gasteiger partial charge in [0, 0.05) is 19.8 Å². The number of nitrogens with one attached hydrogen (secondary N) is 1. The van der Waals surface area contributed by atoms with Crippen molar-refractivity contribution in [1.29, 1.82) is 0 Å². The van der Waals surface area contributed by atoms with Gasteiger partial charge in [-0.2, -0.15) is 11.8 Å². The summed E-state index contributed by atoms with van der Waals surface area (Å²) in [6, 6.07) is 0.608. The molecule has 1 atom stereocenters. The van der Waals surface area contributed by atoms with Crippen molar-refractivity contribution in [1.82, 2.24) is 5.32 Å². The molecule has 0 aliphatic heterocycles. The van der Waals surface area contributed by atoms with Crippen LogP contribution in [0.3, 0.4) is 0 Å². The van der Waals surface area contributed by atoms with Gasteiger partial charge < -0.3 is 10.1 Å². The minimum Gasteiger partial charge on any atom is -0.385 e. The molecule has 0 aliphatic rings. The number of thioether (sulfide) groups is 1. The zero-order valence-corrected chi connectivity index (χ0v) is 10.8. The van der Waals surface area contributed by atoms with E-state index in [-0.39, 0.29) is 0 Å². The lowest BCUT2D eigenvalue weighted by Crippen LogP contribution is -2.35. The molecule has 0 aliphatic carbocycles. The van der Waals surface area contributed by atoms with Gasteiger partial charge in [0.05, 0.1) is 0 Å². The number of rotatable bonds is 9. The molecule has 86 valence electrons. The van der Waals surface area contributed by atoms with Crippen LogP contribution >= 0.6 is 11.8 Å². The van der Waals surface area contributed by atoms with Crippen molar-refractivity contribution < 1.29 is 4.74 Å². The maximum absolute atomic E-state index is 5.11. The predicted molar refractivity (Wildman–Crippen MR) is 66.1 cm³/mol. The van der Waals surface area contributed by atoms with E-state index in [1.54, 1.807) is 7.11 Å². The molecule has 2 nitrogen and oxygen atoms in total. The Balaban J connectivity index is 3.52. The Morgan fingerprint density at radius 2 is 2.07 bits per heavy atom. The molecule has 0 saturated heterocycles. The fraction of sp³-hybridized carbons (Fsp3) is 1.00. The van der Waals surface area contributed by atoms with Crippen LogP contribution in [0.5, 0.6) is 0 Å². The Kier molecular flexibility index (Phi) is 10.0. The van der Waals surface area contributed by atoms with E-state index in [0.29, 0.717) is 12.0 Å². The lowest BCUT2D eigenvalue weighted by molar-refractivity contribution is 0.174. The Morgan fingerprint density at radius 3 is 2.57 bits per heavy atom. The first-order valence-electron chi connectivity index (χ1n) is 5.43. The first-order chi connectivity index (χ1) is 6.72. The van der Waals surface area contributed by atoms with Gasteiger partial charge in [0.15, 0.2) is 0 Å². The lowest BCUT2D eigenvalue weighted by Gasteiger charge is -2.22. The molecule has 0 fully saturated rings. The minimum absolute atomic E-state index is 0.608. The summed E-state index contributed by atoms with van der Waals surface area (Å²) >= 11 is 1.91. The Labute approximate surface area is 93.2 Å². The third-order valence-corrected chi connectivity index (χ3v) is 3.07. The van der Waals surface area contributed by atoms with Crippen molar-refractivity contribution in [2.75, 3.05) is 32.3 Å². The van der Waals surface area contributed by atoms with E-state index in [1.165, 1.54) is 12.2 Å². The monoisotopic (exact) mass is 219 g/mol. The first kappa shape index (κ1) is 14.3. The second-order valence-corrected chi connectivity index (χ2v) is 4.92.